The van der Waals surface area contributed by atoms with Crippen molar-refractivity contribution >= 4 is 27.3 Å². The summed E-state index contributed by atoms with van der Waals surface area (Å²) in [4.78, 5) is 16.3. The molecule has 32 heavy (non-hydrogen) atoms. The van der Waals surface area contributed by atoms with Crippen LogP contribution in [0.25, 0.3) is 11.4 Å². The SMILES string of the molecule is O=C(OCc1nc(-c2ccc(C(F)(F)F)cc2)no1)c1sccc1S(=O)(=O)N1CCCC1. The number of rotatable bonds is 6. The van der Waals surface area contributed by atoms with E-state index < -0.39 is 34.3 Å². The highest BCUT2D eigenvalue weighted by atomic mass is 32.2. The number of carbonyl (C=O) groups excluding carboxylic acids is 1. The molecule has 1 aliphatic rings. The number of alkyl halides is 3. The van der Waals surface area contributed by atoms with Crippen LogP contribution in [0.15, 0.2) is 45.1 Å². The second-order valence-corrected chi connectivity index (χ2v) is 9.71. The average Bonchev–Trinajstić information content (AvgIpc) is 3.53. The molecule has 1 saturated heterocycles. The minimum Gasteiger partial charge on any atom is -0.451 e. The van der Waals surface area contributed by atoms with Crippen LogP contribution in [-0.2, 0) is 27.5 Å². The van der Waals surface area contributed by atoms with Gasteiger partial charge in [0.15, 0.2) is 6.61 Å². The number of aromatic nitrogens is 2. The van der Waals surface area contributed by atoms with Gasteiger partial charge >= 0.3 is 12.1 Å². The lowest BCUT2D eigenvalue weighted by atomic mass is 10.1. The van der Waals surface area contributed by atoms with Crippen molar-refractivity contribution in [1.82, 2.24) is 14.4 Å². The summed E-state index contributed by atoms with van der Waals surface area (Å²) in [7, 11) is -3.79. The Hall–Kier alpha value is -2.77. The van der Waals surface area contributed by atoms with Crippen LogP contribution in [0.4, 0.5) is 13.2 Å². The summed E-state index contributed by atoms with van der Waals surface area (Å²) in [6.07, 6.45) is -2.93. The van der Waals surface area contributed by atoms with Gasteiger partial charge < -0.3 is 9.26 Å². The summed E-state index contributed by atoms with van der Waals surface area (Å²) in [5.41, 5.74) is -0.522. The van der Waals surface area contributed by atoms with Crippen LogP contribution in [0.2, 0.25) is 0 Å². The molecular formula is C19H16F3N3O5S2. The zero-order valence-corrected chi connectivity index (χ0v) is 18.0. The van der Waals surface area contributed by atoms with E-state index in [1.807, 2.05) is 0 Å². The lowest BCUT2D eigenvalue weighted by molar-refractivity contribution is -0.137. The van der Waals surface area contributed by atoms with Crippen LogP contribution in [0.3, 0.4) is 0 Å². The molecule has 1 fully saturated rings. The maximum absolute atomic E-state index is 12.8. The number of esters is 1. The van der Waals surface area contributed by atoms with E-state index in [4.69, 9.17) is 9.26 Å². The fraction of sp³-hybridized carbons (Fsp3) is 0.316. The zero-order chi connectivity index (χ0) is 22.9. The summed E-state index contributed by atoms with van der Waals surface area (Å²) in [6.45, 7) is 0.385. The van der Waals surface area contributed by atoms with Crippen molar-refractivity contribution in [1.29, 1.82) is 0 Å². The fourth-order valence-corrected chi connectivity index (χ4v) is 5.95. The van der Waals surface area contributed by atoms with Crippen LogP contribution in [0.5, 0.6) is 0 Å². The molecule has 0 radical (unpaired) electrons. The number of thiophene rings is 1. The van der Waals surface area contributed by atoms with Crippen molar-refractivity contribution in [3.63, 3.8) is 0 Å². The van der Waals surface area contributed by atoms with Gasteiger partial charge in [0.1, 0.15) is 9.77 Å². The molecule has 0 amide bonds. The van der Waals surface area contributed by atoms with Crippen molar-refractivity contribution in [2.75, 3.05) is 13.1 Å². The van der Waals surface area contributed by atoms with Gasteiger partial charge in [-0.2, -0.15) is 22.5 Å². The lowest BCUT2D eigenvalue weighted by Crippen LogP contribution is -2.28. The third-order valence-electron chi connectivity index (χ3n) is 4.76. The van der Waals surface area contributed by atoms with Crippen LogP contribution in [-0.4, -0.2) is 41.9 Å². The van der Waals surface area contributed by atoms with Crippen LogP contribution >= 0.6 is 11.3 Å². The van der Waals surface area contributed by atoms with E-state index in [0.29, 0.717) is 13.1 Å². The largest absolute Gasteiger partial charge is 0.451 e. The van der Waals surface area contributed by atoms with Gasteiger partial charge in [0, 0.05) is 18.7 Å². The molecule has 0 aliphatic carbocycles. The monoisotopic (exact) mass is 487 g/mol. The van der Waals surface area contributed by atoms with Gasteiger partial charge in [-0.3, -0.25) is 0 Å². The molecule has 8 nitrogen and oxygen atoms in total. The molecule has 1 aromatic carbocycles. The van der Waals surface area contributed by atoms with E-state index in [1.54, 1.807) is 0 Å². The Bertz CT molecular complexity index is 1210. The van der Waals surface area contributed by atoms with Crippen molar-refractivity contribution in [3.8, 4) is 11.4 Å². The molecule has 2 aromatic heterocycles. The minimum atomic E-state index is -4.46. The molecule has 4 rings (SSSR count). The Morgan fingerprint density at radius 1 is 1.16 bits per heavy atom. The summed E-state index contributed by atoms with van der Waals surface area (Å²) in [5.74, 6) is -0.918. The second kappa shape index (κ2) is 8.64. The molecule has 0 N–H and O–H groups in total. The van der Waals surface area contributed by atoms with Gasteiger partial charge in [0.2, 0.25) is 15.8 Å². The number of nitrogens with zero attached hydrogens (tertiary/aromatic N) is 3. The first-order chi connectivity index (χ1) is 15.2. The molecule has 0 saturated carbocycles. The molecular weight excluding hydrogens is 471 g/mol. The predicted octanol–water partition coefficient (Wildman–Crippen LogP) is 3.96. The molecule has 0 unspecified atom stereocenters. The Labute approximate surface area is 184 Å². The van der Waals surface area contributed by atoms with Crippen molar-refractivity contribution < 1.29 is 35.6 Å². The fourth-order valence-electron chi connectivity index (χ4n) is 3.15. The smallest absolute Gasteiger partial charge is 0.416 e. The number of ether oxygens (including phenoxy) is 1. The maximum Gasteiger partial charge on any atom is 0.416 e. The number of sulfonamides is 1. The first-order valence-corrected chi connectivity index (χ1v) is 11.7. The highest BCUT2D eigenvalue weighted by Gasteiger charge is 2.33. The second-order valence-electron chi connectivity index (χ2n) is 6.89. The molecule has 0 bridgehead atoms. The van der Waals surface area contributed by atoms with E-state index >= 15 is 0 Å². The Morgan fingerprint density at radius 2 is 1.84 bits per heavy atom. The van der Waals surface area contributed by atoms with E-state index in [2.05, 4.69) is 10.1 Å². The Morgan fingerprint density at radius 3 is 2.50 bits per heavy atom. The molecule has 1 aliphatic heterocycles. The van der Waals surface area contributed by atoms with Gasteiger partial charge in [-0.25, -0.2) is 13.2 Å². The number of halogens is 3. The van der Waals surface area contributed by atoms with E-state index in [1.165, 1.54) is 27.9 Å². The standard InChI is InChI=1S/C19H16F3N3O5S2/c20-19(21,22)13-5-3-12(4-6-13)17-23-15(30-24-17)11-29-18(26)16-14(7-10-31-16)32(27,28)25-8-1-2-9-25/h3-7,10H,1-2,8-9,11H2. The van der Waals surface area contributed by atoms with Crippen LogP contribution in [0.1, 0.15) is 34.0 Å². The van der Waals surface area contributed by atoms with Crippen molar-refractivity contribution in [2.24, 2.45) is 0 Å². The highest BCUT2D eigenvalue weighted by Crippen LogP contribution is 2.31. The zero-order valence-electron chi connectivity index (χ0n) is 16.3. The van der Waals surface area contributed by atoms with Gasteiger partial charge in [0.05, 0.1) is 5.56 Å². The lowest BCUT2D eigenvalue weighted by Gasteiger charge is -2.15. The highest BCUT2D eigenvalue weighted by molar-refractivity contribution is 7.89. The Kier molecular flexibility index (Phi) is 6.05. The summed E-state index contributed by atoms with van der Waals surface area (Å²) < 4.78 is 75.0. The van der Waals surface area contributed by atoms with Crippen LogP contribution in [0, 0.1) is 0 Å². The quantitative estimate of drug-likeness (QED) is 0.485. The molecule has 0 atom stereocenters. The molecule has 3 heterocycles. The number of hydrogen-bond donors (Lipinski definition) is 0. The molecule has 3 aromatic rings. The molecule has 13 heteroatoms. The van der Waals surface area contributed by atoms with Gasteiger partial charge in [-0.05, 0) is 36.4 Å². The third-order valence-corrected chi connectivity index (χ3v) is 7.73. The first-order valence-electron chi connectivity index (χ1n) is 9.41. The predicted molar refractivity (Wildman–Crippen MR) is 106 cm³/mol. The van der Waals surface area contributed by atoms with E-state index in [9.17, 15) is 26.4 Å². The molecule has 170 valence electrons. The van der Waals surface area contributed by atoms with Crippen LogP contribution < -0.4 is 0 Å². The van der Waals surface area contributed by atoms with Crippen molar-refractivity contribution in [2.45, 2.75) is 30.5 Å². The summed E-state index contributed by atoms with van der Waals surface area (Å²) >= 11 is 0.945. The van der Waals surface area contributed by atoms with E-state index in [0.717, 1.165) is 36.3 Å². The maximum atomic E-state index is 12.8. The molecule has 0 spiro atoms. The van der Waals surface area contributed by atoms with Gasteiger partial charge in [-0.1, -0.05) is 17.3 Å². The topological polar surface area (TPSA) is 103 Å². The number of carbonyl (C=O) groups is 1. The van der Waals surface area contributed by atoms with Gasteiger partial charge in [0.25, 0.3) is 5.89 Å². The number of hydrogen-bond acceptors (Lipinski definition) is 8. The average molecular weight is 487 g/mol. The summed E-state index contributed by atoms with van der Waals surface area (Å²) in [5, 5.41) is 5.16. The number of benzene rings is 1. The first kappa shape index (κ1) is 22.4. The van der Waals surface area contributed by atoms with Crippen molar-refractivity contribution in [3.05, 3.63) is 52.0 Å². The summed E-state index contributed by atoms with van der Waals surface area (Å²) in [6, 6.07) is 5.55. The minimum absolute atomic E-state index is 0.0261. The normalized spacial score (nSPS) is 15.2. The third kappa shape index (κ3) is 4.54. The Balaban J connectivity index is 1.43. The van der Waals surface area contributed by atoms with Gasteiger partial charge in [-0.15, -0.1) is 11.3 Å². The van der Waals surface area contributed by atoms with E-state index in [-0.39, 0.29) is 27.1 Å².